The molecule has 0 spiro atoms. The van der Waals surface area contributed by atoms with Crippen LogP contribution in [0.25, 0.3) is 0 Å². The van der Waals surface area contributed by atoms with Gasteiger partial charge in [-0.3, -0.25) is 4.57 Å². The number of anilines is 1. The van der Waals surface area contributed by atoms with Crippen molar-refractivity contribution < 1.29 is 85.1 Å². The predicted molar refractivity (Wildman–Crippen MR) is 230 cm³/mol. The van der Waals surface area contributed by atoms with E-state index in [-0.39, 0.29) is 83.4 Å². The second-order valence-corrected chi connectivity index (χ2v) is 24.1. The van der Waals surface area contributed by atoms with Gasteiger partial charge in [0.25, 0.3) is 0 Å². The molecule has 0 aromatic carbocycles. The van der Waals surface area contributed by atoms with Crippen LogP contribution in [0.15, 0.2) is 65.7 Å². The number of hydrogen-bond acceptors (Lipinski definition) is 8. The Morgan fingerprint density at radius 2 is 1.10 bits per heavy atom. The molecule has 0 fully saturated rings. The number of hydrogen-bond donors (Lipinski definition) is 1. The molecule has 0 amide bonds. The van der Waals surface area contributed by atoms with Gasteiger partial charge in [-0.2, -0.15) is 4.98 Å². The molecule has 2 aliphatic heterocycles. The van der Waals surface area contributed by atoms with Gasteiger partial charge in [0.05, 0.1) is 13.2 Å². The SMILES string of the molecule is C=CC1=C[C@@H](CO[Si](C)(C)C(C)(C)C(C)C)O[C@H]1OC.C=CC1=C[C@@H](CO[Si](C)(C)C(C)(C)C(C)C)O[C@H]1n1ccc(N)nc1=O.[C-]#[O+].[C-]#[O+].[C-]#[O+].[C-]#[O+].[C-]#[O+].[C-]#[O+].[CH3-].[CH3-].[Fe].[Fe]. The Labute approximate surface area is 395 Å². The van der Waals surface area contributed by atoms with Crippen LogP contribution in [0.5, 0.6) is 0 Å². The summed E-state index contributed by atoms with van der Waals surface area (Å²) in [6.07, 6.45) is 7.98. The minimum Gasteiger partial charge on any atom is -0.358 e. The Hall–Kier alpha value is -2.65. The zero-order valence-electron chi connectivity index (χ0n) is 38.8. The van der Waals surface area contributed by atoms with E-state index in [0.717, 1.165) is 11.1 Å². The van der Waals surface area contributed by atoms with Crippen molar-refractivity contribution in [2.45, 2.75) is 116 Å². The van der Waals surface area contributed by atoms with E-state index in [9.17, 15) is 4.79 Å². The van der Waals surface area contributed by atoms with Gasteiger partial charge in [0, 0.05) is 53.0 Å². The number of methoxy groups -OCH3 is 1. The van der Waals surface area contributed by atoms with Gasteiger partial charge in [-0.05, 0) is 71.9 Å². The van der Waals surface area contributed by atoms with Gasteiger partial charge < -0.3 is 43.6 Å². The number of nitrogens with two attached hydrogens (primary N) is 1. The van der Waals surface area contributed by atoms with Crippen LogP contribution in [0.4, 0.5) is 5.82 Å². The number of ether oxygens (including phenoxy) is 3. The van der Waals surface area contributed by atoms with Gasteiger partial charge >= 0.3 is 73.5 Å². The molecule has 1 aromatic rings. The fourth-order valence-electron chi connectivity index (χ4n) is 5.02. The van der Waals surface area contributed by atoms with E-state index in [4.69, 9.17) is 56.7 Å². The van der Waals surface area contributed by atoms with E-state index >= 15 is 0 Å². The predicted octanol–water partition coefficient (Wildman–Crippen LogP) is 8.29. The third-order valence-corrected chi connectivity index (χ3v) is 20.1. The first kappa shape index (κ1) is 79.7. The molecule has 3 rings (SSSR count). The monoisotopic (exact) mass is 985 g/mol. The van der Waals surface area contributed by atoms with Gasteiger partial charge in [0.2, 0.25) is 0 Å². The summed E-state index contributed by atoms with van der Waals surface area (Å²) in [6.45, 7) is 62.9. The van der Waals surface area contributed by atoms with Gasteiger partial charge in [-0.1, -0.05) is 80.7 Å². The summed E-state index contributed by atoms with van der Waals surface area (Å²) in [7, 11) is -2.10. The zero-order valence-corrected chi connectivity index (χ0v) is 43.0. The van der Waals surface area contributed by atoms with Crippen molar-refractivity contribution in [2.75, 3.05) is 26.1 Å². The minimum atomic E-state index is -1.95. The Balaban J connectivity index is -0.000000100. The van der Waals surface area contributed by atoms with Crippen LogP contribution in [0.2, 0.25) is 36.3 Å². The first-order valence-electron chi connectivity index (χ1n) is 17.5. The number of nitrogens with zero attached hydrogens (tertiary/aromatic N) is 2. The molecule has 3 heterocycles. The number of rotatable bonds is 14. The van der Waals surface area contributed by atoms with E-state index in [1.807, 2.05) is 12.2 Å². The second-order valence-electron chi connectivity index (χ2n) is 14.9. The van der Waals surface area contributed by atoms with Crippen LogP contribution in [0.1, 0.15) is 61.6 Å². The molecule has 0 saturated carbocycles. The Kier molecular flexibility index (Phi) is 52.8. The average Bonchev–Trinajstić information content (AvgIpc) is 3.84. The molecule has 4 atom stereocenters. The molecule has 1 aromatic heterocycles. The van der Waals surface area contributed by atoms with Crippen molar-refractivity contribution in [3.8, 4) is 0 Å². The van der Waals surface area contributed by atoms with Crippen LogP contribution in [-0.2, 0) is 85.1 Å². The van der Waals surface area contributed by atoms with Gasteiger partial charge in [-0.25, -0.2) is 4.79 Å². The van der Waals surface area contributed by atoms with Crippen molar-refractivity contribution in [2.24, 2.45) is 11.8 Å². The summed E-state index contributed by atoms with van der Waals surface area (Å²) in [6, 6.07) is 1.58. The van der Waals surface area contributed by atoms with Crippen LogP contribution in [0.3, 0.4) is 0 Å². The first-order valence-corrected chi connectivity index (χ1v) is 23.3. The molecule has 2 aliphatic rings. The first-order chi connectivity index (χ1) is 27.1. The molecular weight excluding hydrogens is 918 g/mol. The Morgan fingerprint density at radius 3 is 1.39 bits per heavy atom. The van der Waals surface area contributed by atoms with Crippen molar-refractivity contribution in [1.29, 1.82) is 0 Å². The summed E-state index contributed by atoms with van der Waals surface area (Å²) in [5, 5.41) is 0.352. The number of nitrogen functional groups attached to an aromatic ring is 1. The summed E-state index contributed by atoms with van der Waals surface area (Å²) < 4.78 is 76.2. The van der Waals surface area contributed by atoms with Crippen LogP contribution in [-0.4, -0.2) is 65.0 Å². The molecule has 15 nitrogen and oxygen atoms in total. The van der Waals surface area contributed by atoms with Crippen LogP contribution in [0, 0.1) is 66.6 Å². The number of aromatic nitrogens is 2. The smallest absolute Gasteiger partial charge is 0 e. The topological polar surface area (TPSA) is 226 Å². The third kappa shape index (κ3) is 24.4. The maximum Gasteiger partial charge on any atom is 0 e. The molecule has 0 radical (unpaired) electrons. The minimum absolute atomic E-state index is 0. The third-order valence-electron chi connectivity index (χ3n) is 10.9. The van der Waals surface area contributed by atoms with Crippen molar-refractivity contribution in [1.82, 2.24) is 9.55 Å². The second kappa shape index (κ2) is 41.1. The van der Waals surface area contributed by atoms with Crippen molar-refractivity contribution in [3.05, 3.63) is 126 Å². The van der Waals surface area contributed by atoms with Crippen LogP contribution >= 0.6 is 0 Å². The summed E-state index contributed by atoms with van der Waals surface area (Å²) in [5.41, 5.74) is 6.94. The van der Waals surface area contributed by atoms with E-state index in [0.29, 0.717) is 25.0 Å². The maximum absolute atomic E-state index is 12.1. The molecule has 0 unspecified atom stereocenters. The quantitative estimate of drug-likeness (QED) is 0.108. The summed E-state index contributed by atoms with van der Waals surface area (Å²) in [5.74, 6) is 1.32. The largest absolute Gasteiger partial charge is 0.358 e. The molecule has 19 heteroatoms. The maximum atomic E-state index is 12.1. The van der Waals surface area contributed by atoms with Crippen LogP contribution < -0.4 is 11.4 Å². The molecule has 0 bridgehead atoms. The Morgan fingerprint density at radius 1 is 0.758 bits per heavy atom. The molecule has 0 aliphatic carbocycles. The standard InChI is InChI=1S/C19H31N3O3Si.C16H30O3Si.6CO.2CH3.2Fe/c1-8-14-11-15(12-24-26(6,7)19(4,5)13(2)3)25-17(14)22-10-9-16(20)21-18(22)23;1-9-13-10-14(19-15(13)17-6)11-18-20(7,8)16(4,5)12(2)3;6*1-2;;;;/h8-11,13,15,17H,1,12H2,2-7H3,(H2,20,21,23);9-10,12,14-15H,1,11H2,2-8H3;;;;;;;2*1H3;;/q;;;;;;;;2*-1;;/t15-,17+;14-,15+;;;;;;;;;;/m00........../s1. The normalized spacial score (nSPS) is 16.8. The molecule has 2 N–H and O–H groups in total. The van der Waals surface area contributed by atoms with Crippen molar-refractivity contribution >= 4 is 22.5 Å². The molecule has 62 heavy (non-hydrogen) atoms. The Bertz CT molecular complexity index is 1570. The molecule has 352 valence electrons. The fraction of sp³-hybridized carbons (Fsp3) is 0.535. The average molecular weight is 986 g/mol. The molecular formula is C43H67Fe2N3O12Si2-2. The van der Waals surface area contributed by atoms with E-state index in [1.165, 1.54) is 4.57 Å². The van der Waals surface area contributed by atoms with Gasteiger partial charge in [0.1, 0.15) is 18.0 Å². The van der Waals surface area contributed by atoms with E-state index in [1.54, 1.807) is 31.5 Å². The fourth-order valence-corrected chi connectivity index (χ4v) is 9.71. The van der Waals surface area contributed by atoms with Crippen molar-refractivity contribution in [3.63, 3.8) is 0 Å². The molecule has 0 saturated heterocycles. The van der Waals surface area contributed by atoms with E-state index < -0.39 is 28.6 Å². The summed E-state index contributed by atoms with van der Waals surface area (Å²) in [4.78, 5) is 15.9. The zero-order chi connectivity index (χ0) is 47.3. The van der Waals surface area contributed by atoms with E-state index in [2.05, 4.69) is 140 Å². The van der Waals surface area contributed by atoms with Gasteiger partial charge in [0.15, 0.2) is 29.2 Å². The van der Waals surface area contributed by atoms with Gasteiger partial charge in [-0.15, -0.1) is 0 Å². The summed E-state index contributed by atoms with van der Waals surface area (Å²) >= 11 is 0.